The molecule has 1 atom stereocenters. The van der Waals surface area contributed by atoms with Crippen LogP contribution in [0.3, 0.4) is 0 Å². The maximum absolute atomic E-state index is 13.7. The number of carbonyl (C=O) groups is 1. The normalized spacial score (nSPS) is 18.0. The predicted molar refractivity (Wildman–Crippen MR) is 85.2 cm³/mol. The molecule has 1 saturated heterocycles. The lowest BCUT2D eigenvalue weighted by Crippen LogP contribution is -2.49. The Kier molecular flexibility index (Phi) is 4.89. The van der Waals surface area contributed by atoms with Crippen molar-refractivity contribution in [2.24, 2.45) is 7.05 Å². The molecule has 1 aliphatic heterocycles. The first-order valence-electron chi connectivity index (χ1n) is 7.98. The Morgan fingerprint density at radius 2 is 2.25 bits per heavy atom. The van der Waals surface area contributed by atoms with Crippen molar-refractivity contribution in [2.45, 2.75) is 18.9 Å². The summed E-state index contributed by atoms with van der Waals surface area (Å²) in [5, 5.41) is 3.27. The highest BCUT2D eigenvalue weighted by atomic mass is 19.2. The number of halogens is 2. The number of amides is 1. The standard InChI is InChI=1S/C17H20F2N4O/c1-22-9-8-21-17(22)14-11-20-7-10-23(14)15(24)6-5-12-3-2-4-13(18)16(12)19/h2-4,8-9,14,20H,5-7,10-11H2,1H3. The zero-order valence-corrected chi connectivity index (χ0v) is 13.5. The van der Waals surface area contributed by atoms with Crippen LogP contribution in [-0.4, -0.2) is 40.0 Å². The fraction of sp³-hybridized carbons (Fsp3) is 0.412. The second kappa shape index (κ2) is 7.09. The third-order valence-electron chi connectivity index (χ3n) is 4.36. The van der Waals surface area contributed by atoms with Gasteiger partial charge in [-0.25, -0.2) is 13.8 Å². The number of imidazole rings is 1. The number of benzene rings is 1. The minimum atomic E-state index is -0.881. The van der Waals surface area contributed by atoms with Crippen molar-refractivity contribution < 1.29 is 13.6 Å². The van der Waals surface area contributed by atoms with Gasteiger partial charge in [0.25, 0.3) is 0 Å². The molecule has 1 amide bonds. The van der Waals surface area contributed by atoms with Crippen LogP contribution in [0.2, 0.25) is 0 Å². The van der Waals surface area contributed by atoms with E-state index in [0.717, 1.165) is 11.9 Å². The van der Waals surface area contributed by atoms with Crippen molar-refractivity contribution in [1.29, 1.82) is 0 Å². The number of piperazine rings is 1. The highest BCUT2D eigenvalue weighted by Crippen LogP contribution is 2.22. The third-order valence-corrected chi connectivity index (χ3v) is 4.36. The molecule has 0 spiro atoms. The Labute approximate surface area is 139 Å². The van der Waals surface area contributed by atoms with Gasteiger partial charge in [-0.15, -0.1) is 0 Å². The largest absolute Gasteiger partial charge is 0.336 e. The molecular weight excluding hydrogens is 314 g/mol. The molecule has 1 fully saturated rings. The summed E-state index contributed by atoms with van der Waals surface area (Å²) in [7, 11) is 1.89. The number of aryl methyl sites for hydroxylation is 2. The van der Waals surface area contributed by atoms with E-state index in [2.05, 4.69) is 10.3 Å². The van der Waals surface area contributed by atoms with Gasteiger partial charge in [-0.3, -0.25) is 4.79 Å². The molecule has 1 aromatic heterocycles. The molecule has 1 N–H and O–H groups in total. The van der Waals surface area contributed by atoms with Gasteiger partial charge in [0.15, 0.2) is 11.6 Å². The topological polar surface area (TPSA) is 50.2 Å². The molecule has 1 aliphatic rings. The Morgan fingerprint density at radius 1 is 1.42 bits per heavy atom. The molecule has 2 aromatic rings. The minimum Gasteiger partial charge on any atom is -0.336 e. The third kappa shape index (κ3) is 3.31. The molecular formula is C17H20F2N4O. The number of nitrogens with zero attached hydrogens (tertiary/aromatic N) is 3. The fourth-order valence-corrected chi connectivity index (χ4v) is 3.06. The molecule has 1 aromatic carbocycles. The highest BCUT2D eigenvalue weighted by Gasteiger charge is 2.30. The van der Waals surface area contributed by atoms with Crippen molar-refractivity contribution in [3.05, 3.63) is 53.6 Å². The summed E-state index contributed by atoms with van der Waals surface area (Å²) in [4.78, 5) is 18.7. The van der Waals surface area contributed by atoms with Gasteiger partial charge in [-0.1, -0.05) is 12.1 Å². The lowest BCUT2D eigenvalue weighted by Gasteiger charge is -2.35. The van der Waals surface area contributed by atoms with Crippen molar-refractivity contribution >= 4 is 5.91 Å². The van der Waals surface area contributed by atoms with Crippen molar-refractivity contribution in [3.63, 3.8) is 0 Å². The first kappa shape index (κ1) is 16.6. The zero-order chi connectivity index (χ0) is 17.1. The lowest BCUT2D eigenvalue weighted by atomic mass is 10.1. The summed E-state index contributed by atoms with van der Waals surface area (Å²) in [5.41, 5.74) is 0.229. The molecule has 0 bridgehead atoms. The van der Waals surface area contributed by atoms with E-state index in [1.165, 1.54) is 12.1 Å². The van der Waals surface area contributed by atoms with Crippen LogP contribution in [-0.2, 0) is 18.3 Å². The van der Waals surface area contributed by atoms with E-state index in [1.807, 2.05) is 17.8 Å². The first-order chi connectivity index (χ1) is 11.6. The van der Waals surface area contributed by atoms with E-state index in [1.54, 1.807) is 11.1 Å². The Balaban J connectivity index is 1.71. The van der Waals surface area contributed by atoms with Crippen LogP contribution < -0.4 is 5.32 Å². The summed E-state index contributed by atoms with van der Waals surface area (Å²) in [6.07, 6.45) is 3.87. The second-order valence-electron chi connectivity index (χ2n) is 5.92. The van der Waals surface area contributed by atoms with Gasteiger partial charge < -0.3 is 14.8 Å². The summed E-state index contributed by atoms with van der Waals surface area (Å²) in [6, 6.07) is 3.90. The van der Waals surface area contributed by atoms with E-state index < -0.39 is 11.6 Å². The lowest BCUT2D eigenvalue weighted by molar-refractivity contribution is -0.134. The van der Waals surface area contributed by atoms with Gasteiger partial charge in [0.1, 0.15) is 11.9 Å². The molecule has 7 heteroatoms. The van der Waals surface area contributed by atoms with Crippen LogP contribution in [0.25, 0.3) is 0 Å². The number of hydrogen-bond acceptors (Lipinski definition) is 3. The Bertz CT molecular complexity index is 731. The second-order valence-corrected chi connectivity index (χ2v) is 5.92. The van der Waals surface area contributed by atoms with Crippen molar-refractivity contribution in [1.82, 2.24) is 19.8 Å². The summed E-state index contributed by atoms with van der Waals surface area (Å²) in [5.74, 6) is -1.01. The number of nitrogens with one attached hydrogen (secondary N) is 1. The average Bonchev–Trinajstić information content (AvgIpc) is 3.02. The van der Waals surface area contributed by atoms with E-state index in [-0.39, 0.29) is 30.4 Å². The molecule has 128 valence electrons. The van der Waals surface area contributed by atoms with E-state index in [9.17, 15) is 13.6 Å². The maximum atomic E-state index is 13.7. The monoisotopic (exact) mass is 334 g/mol. The van der Waals surface area contributed by atoms with E-state index in [4.69, 9.17) is 0 Å². The molecule has 24 heavy (non-hydrogen) atoms. The van der Waals surface area contributed by atoms with Crippen LogP contribution in [0.15, 0.2) is 30.6 Å². The quantitative estimate of drug-likeness (QED) is 0.928. The van der Waals surface area contributed by atoms with Gasteiger partial charge in [-0.2, -0.15) is 0 Å². The first-order valence-corrected chi connectivity index (χ1v) is 7.98. The fourth-order valence-electron chi connectivity index (χ4n) is 3.06. The number of carbonyl (C=O) groups excluding carboxylic acids is 1. The van der Waals surface area contributed by atoms with Crippen LogP contribution >= 0.6 is 0 Å². The van der Waals surface area contributed by atoms with Crippen LogP contribution in [0.5, 0.6) is 0 Å². The van der Waals surface area contributed by atoms with Gasteiger partial charge in [0.2, 0.25) is 5.91 Å². The molecule has 0 saturated carbocycles. The van der Waals surface area contributed by atoms with Gasteiger partial charge >= 0.3 is 0 Å². The van der Waals surface area contributed by atoms with Crippen molar-refractivity contribution in [3.8, 4) is 0 Å². The molecule has 0 aliphatic carbocycles. The molecule has 3 rings (SSSR count). The van der Waals surface area contributed by atoms with Gasteiger partial charge in [0.05, 0.1) is 0 Å². The zero-order valence-electron chi connectivity index (χ0n) is 13.5. The molecule has 0 radical (unpaired) electrons. The molecule has 5 nitrogen and oxygen atoms in total. The number of rotatable bonds is 4. The summed E-state index contributed by atoms with van der Waals surface area (Å²) < 4.78 is 28.9. The molecule has 2 heterocycles. The number of aromatic nitrogens is 2. The van der Waals surface area contributed by atoms with Gasteiger partial charge in [-0.05, 0) is 18.1 Å². The Morgan fingerprint density at radius 3 is 3.00 bits per heavy atom. The van der Waals surface area contributed by atoms with E-state index in [0.29, 0.717) is 19.6 Å². The predicted octanol–water partition coefficient (Wildman–Crippen LogP) is 1.80. The summed E-state index contributed by atoms with van der Waals surface area (Å²) in [6.45, 7) is 1.91. The van der Waals surface area contributed by atoms with Crippen LogP contribution in [0, 0.1) is 11.6 Å². The smallest absolute Gasteiger partial charge is 0.223 e. The van der Waals surface area contributed by atoms with Gasteiger partial charge in [0, 0.05) is 45.5 Å². The number of hydrogen-bond donors (Lipinski definition) is 1. The average molecular weight is 334 g/mol. The van der Waals surface area contributed by atoms with Crippen LogP contribution in [0.1, 0.15) is 23.9 Å². The van der Waals surface area contributed by atoms with Crippen LogP contribution in [0.4, 0.5) is 8.78 Å². The summed E-state index contributed by atoms with van der Waals surface area (Å²) >= 11 is 0. The highest BCUT2D eigenvalue weighted by molar-refractivity contribution is 5.77. The van der Waals surface area contributed by atoms with E-state index >= 15 is 0 Å². The maximum Gasteiger partial charge on any atom is 0.223 e. The van der Waals surface area contributed by atoms with Crippen molar-refractivity contribution in [2.75, 3.05) is 19.6 Å². The minimum absolute atomic E-state index is 0.0758. The Hall–Kier alpha value is -2.28. The SMILES string of the molecule is Cn1ccnc1C1CNCCN1C(=O)CCc1cccc(F)c1F. The molecule has 1 unspecified atom stereocenters.